The zero-order valence-corrected chi connectivity index (χ0v) is 12.2. The minimum atomic E-state index is -3.59. The van der Waals surface area contributed by atoms with Gasteiger partial charge in [0.1, 0.15) is 0 Å². The van der Waals surface area contributed by atoms with Crippen LogP contribution in [0.4, 0.5) is 0 Å². The first-order valence-corrected chi connectivity index (χ1v) is 8.10. The number of sulfonamides is 1. The van der Waals surface area contributed by atoms with Crippen LogP contribution in [0.1, 0.15) is 12.8 Å². The lowest BCUT2D eigenvalue weighted by Crippen LogP contribution is -2.28. The minimum Gasteiger partial charge on any atom is -0.493 e. The third-order valence-electron chi connectivity index (χ3n) is 3.49. The molecule has 1 aromatic heterocycles. The largest absolute Gasteiger partial charge is 0.493 e. The van der Waals surface area contributed by atoms with Gasteiger partial charge in [0.05, 0.1) is 16.1 Å². The zero-order chi connectivity index (χ0) is 14.3. The van der Waals surface area contributed by atoms with E-state index in [9.17, 15) is 13.5 Å². The highest BCUT2D eigenvalue weighted by Crippen LogP contribution is 2.35. The molecular formula is C13H13ClN2O3S. The summed E-state index contributed by atoms with van der Waals surface area (Å²) in [5.41, 5.74) is 0. The smallest absolute Gasteiger partial charge is 0.243 e. The predicted molar refractivity (Wildman–Crippen MR) is 76.4 cm³/mol. The standard InChI is InChI=1S/C13H13ClN2O3S/c14-10-8-15-13(17)9-4-3-5-11(12(9)10)20(18,19)16-6-1-2-7-16/h3-5,8H,1-2,6-7H2,(H,15,17). The molecule has 1 aliphatic rings. The van der Waals surface area contributed by atoms with E-state index in [2.05, 4.69) is 4.98 Å². The van der Waals surface area contributed by atoms with E-state index in [1.807, 2.05) is 0 Å². The second kappa shape index (κ2) is 4.87. The average molecular weight is 313 g/mol. The second-order valence-electron chi connectivity index (χ2n) is 4.72. The average Bonchev–Trinajstić information content (AvgIpc) is 2.97. The third kappa shape index (κ3) is 2.04. The minimum absolute atomic E-state index is 0.125. The molecule has 3 rings (SSSR count). The molecule has 0 spiro atoms. The molecule has 0 radical (unpaired) electrons. The van der Waals surface area contributed by atoms with E-state index in [4.69, 9.17) is 11.6 Å². The summed E-state index contributed by atoms with van der Waals surface area (Å²) < 4.78 is 26.8. The molecule has 0 bridgehead atoms. The molecule has 1 fully saturated rings. The number of nitrogens with zero attached hydrogens (tertiary/aromatic N) is 2. The highest BCUT2D eigenvalue weighted by atomic mass is 35.5. The molecule has 106 valence electrons. The molecular weight excluding hydrogens is 300 g/mol. The van der Waals surface area contributed by atoms with Crippen molar-refractivity contribution >= 4 is 32.4 Å². The first-order chi connectivity index (χ1) is 9.51. The van der Waals surface area contributed by atoms with Crippen LogP contribution in [-0.2, 0) is 10.0 Å². The Morgan fingerprint density at radius 3 is 2.65 bits per heavy atom. The summed E-state index contributed by atoms with van der Waals surface area (Å²) in [6, 6.07) is 4.71. The number of benzene rings is 1. The van der Waals surface area contributed by atoms with Crippen molar-refractivity contribution in [2.24, 2.45) is 0 Å². The number of hydrogen-bond acceptors (Lipinski definition) is 4. The zero-order valence-electron chi connectivity index (χ0n) is 10.6. The summed E-state index contributed by atoms with van der Waals surface area (Å²) in [5.74, 6) is -0.220. The Labute approximate surface area is 121 Å². The SMILES string of the molecule is O=S(=O)(c1cccc2c(O)ncc(Cl)c12)N1CCCC1. The fourth-order valence-electron chi connectivity index (χ4n) is 2.50. The van der Waals surface area contributed by atoms with Crippen LogP contribution in [-0.4, -0.2) is 35.9 Å². The summed E-state index contributed by atoms with van der Waals surface area (Å²) >= 11 is 6.09. The van der Waals surface area contributed by atoms with Gasteiger partial charge in [0.25, 0.3) is 0 Å². The van der Waals surface area contributed by atoms with E-state index in [0.29, 0.717) is 23.9 Å². The lowest BCUT2D eigenvalue weighted by molar-refractivity contribution is 0.460. The lowest BCUT2D eigenvalue weighted by atomic mass is 10.2. The van der Waals surface area contributed by atoms with Crippen LogP contribution >= 0.6 is 11.6 Å². The summed E-state index contributed by atoms with van der Waals surface area (Å²) in [5, 5.41) is 10.7. The van der Waals surface area contributed by atoms with E-state index >= 15 is 0 Å². The molecule has 1 N–H and O–H groups in total. The van der Waals surface area contributed by atoms with Gasteiger partial charge in [0.2, 0.25) is 15.9 Å². The third-order valence-corrected chi connectivity index (χ3v) is 5.72. The van der Waals surface area contributed by atoms with Crippen LogP contribution in [0, 0.1) is 0 Å². The highest BCUT2D eigenvalue weighted by molar-refractivity contribution is 7.89. The monoisotopic (exact) mass is 312 g/mol. The molecule has 2 heterocycles. The molecule has 2 aromatic rings. The van der Waals surface area contributed by atoms with Crippen LogP contribution in [0.25, 0.3) is 10.8 Å². The maximum Gasteiger partial charge on any atom is 0.243 e. The topological polar surface area (TPSA) is 70.5 Å². The highest BCUT2D eigenvalue weighted by Gasteiger charge is 2.29. The van der Waals surface area contributed by atoms with E-state index in [1.54, 1.807) is 12.1 Å². The van der Waals surface area contributed by atoms with Gasteiger partial charge in [-0.05, 0) is 25.0 Å². The molecule has 1 saturated heterocycles. The molecule has 7 heteroatoms. The number of hydrogen-bond donors (Lipinski definition) is 1. The van der Waals surface area contributed by atoms with Crippen LogP contribution in [0.5, 0.6) is 5.88 Å². The van der Waals surface area contributed by atoms with Crippen molar-refractivity contribution in [2.45, 2.75) is 17.7 Å². The Hall–Kier alpha value is -1.37. The van der Waals surface area contributed by atoms with Gasteiger partial charge in [-0.25, -0.2) is 13.4 Å². The van der Waals surface area contributed by atoms with Crippen molar-refractivity contribution in [3.8, 4) is 5.88 Å². The van der Waals surface area contributed by atoms with Gasteiger partial charge in [0.15, 0.2) is 0 Å². The van der Waals surface area contributed by atoms with Crippen molar-refractivity contribution in [1.29, 1.82) is 0 Å². The summed E-state index contributed by atoms with van der Waals surface area (Å²) in [7, 11) is -3.59. The summed E-state index contributed by atoms with van der Waals surface area (Å²) in [4.78, 5) is 3.87. The van der Waals surface area contributed by atoms with Crippen LogP contribution < -0.4 is 0 Å². The summed E-state index contributed by atoms with van der Waals surface area (Å²) in [6.45, 7) is 1.04. The van der Waals surface area contributed by atoms with Crippen LogP contribution in [0.2, 0.25) is 5.02 Å². The Morgan fingerprint density at radius 2 is 1.95 bits per heavy atom. The normalized spacial score (nSPS) is 16.9. The Morgan fingerprint density at radius 1 is 1.25 bits per heavy atom. The van der Waals surface area contributed by atoms with Crippen LogP contribution in [0.15, 0.2) is 29.3 Å². The Bertz CT molecular complexity index is 771. The number of fused-ring (bicyclic) bond motifs is 1. The molecule has 0 atom stereocenters. The Balaban J connectivity index is 2.29. The van der Waals surface area contributed by atoms with Crippen molar-refractivity contribution in [3.63, 3.8) is 0 Å². The molecule has 0 unspecified atom stereocenters. The van der Waals surface area contributed by atoms with Gasteiger partial charge in [-0.2, -0.15) is 4.31 Å². The number of aromatic hydroxyl groups is 1. The van der Waals surface area contributed by atoms with Gasteiger partial charge in [-0.15, -0.1) is 0 Å². The molecule has 1 aliphatic heterocycles. The van der Waals surface area contributed by atoms with Crippen LogP contribution in [0.3, 0.4) is 0 Å². The first kappa shape index (κ1) is 13.6. The summed E-state index contributed by atoms with van der Waals surface area (Å²) in [6.07, 6.45) is 3.00. The van der Waals surface area contributed by atoms with Crippen molar-refractivity contribution in [2.75, 3.05) is 13.1 Å². The molecule has 5 nitrogen and oxygen atoms in total. The van der Waals surface area contributed by atoms with Gasteiger partial charge in [-0.1, -0.05) is 17.7 Å². The number of halogens is 1. The van der Waals surface area contributed by atoms with Gasteiger partial charge < -0.3 is 5.11 Å². The quantitative estimate of drug-likeness (QED) is 0.924. The van der Waals surface area contributed by atoms with E-state index in [1.165, 1.54) is 16.6 Å². The second-order valence-corrected chi connectivity index (χ2v) is 7.03. The van der Waals surface area contributed by atoms with E-state index in [-0.39, 0.29) is 15.8 Å². The van der Waals surface area contributed by atoms with Gasteiger partial charge >= 0.3 is 0 Å². The molecule has 0 aliphatic carbocycles. The van der Waals surface area contributed by atoms with E-state index in [0.717, 1.165) is 12.8 Å². The van der Waals surface area contributed by atoms with Crippen molar-refractivity contribution in [1.82, 2.24) is 9.29 Å². The maximum absolute atomic E-state index is 12.7. The molecule has 0 amide bonds. The Kier molecular flexibility index (Phi) is 3.32. The van der Waals surface area contributed by atoms with Gasteiger partial charge in [0, 0.05) is 23.9 Å². The predicted octanol–water partition coefficient (Wildman–Crippen LogP) is 2.38. The molecule has 20 heavy (non-hydrogen) atoms. The van der Waals surface area contributed by atoms with Gasteiger partial charge in [-0.3, -0.25) is 0 Å². The number of rotatable bonds is 2. The molecule has 1 aromatic carbocycles. The first-order valence-electron chi connectivity index (χ1n) is 6.28. The van der Waals surface area contributed by atoms with E-state index < -0.39 is 10.0 Å². The lowest BCUT2D eigenvalue weighted by Gasteiger charge is -2.17. The fraction of sp³-hybridized carbons (Fsp3) is 0.308. The van der Waals surface area contributed by atoms with Crippen molar-refractivity contribution < 1.29 is 13.5 Å². The maximum atomic E-state index is 12.7. The number of aromatic nitrogens is 1. The fourth-order valence-corrected chi connectivity index (χ4v) is 4.55. The van der Waals surface area contributed by atoms with Crippen molar-refractivity contribution in [3.05, 3.63) is 29.4 Å². The molecule has 0 saturated carbocycles. The number of pyridine rings is 1.